The van der Waals surface area contributed by atoms with Gasteiger partial charge in [-0.25, -0.2) is 4.79 Å². The van der Waals surface area contributed by atoms with Gasteiger partial charge in [0.15, 0.2) is 0 Å². The number of nitrogens with one attached hydrogen (secondary N) is 1. The van der Waals surface area contributed by atoms with Gasteiger partial charge < -0.3 is 15.5 Å². The summed E-state index contributed by atoms with van der Waals surface area (Å²) in [6, 6.07) is 0. The molecule has 0 fully saturated rings. The zero-order valence-corrected chi connectivity index (χ0v) is 8.50. The molecule has 0 aliphatic carbocycles. The number of hydrogen-bond donors (Lipinski definition) is 3. The number of hydrogen-bond acceptors (Lipinski definition) is 2. The Morgan fingerprint density at radius 1 is 1.62 bits per heavy atom. The molecule has 0 aromatic carbocycles. The van der Waals surface area contributed by atoms with Gasteiger partial charge in [-0.1, -0.05) is 19.8 Å². The third kappa shape index (κ3) is 4.12. The van der Waals surface area contributed by atoms with Gasteiger partial charge in [0, 0.05) is 0 Å². The lowest BCUT2D eigenvalue weighted by molar-refractivity contribution is 0.0749. The molecule has 0 spiro atoms. The smallest absolute Gasteiger partial charge is 0.405 e. The van der Waals surface area contributed by atoms with E-state index in [4.69, 9.17) is 5.11 Å². The Kier molecular flexibility index (Phi) is 4.77. The molecule has 4 nitrogen and oxygen atoms in total. The second-order valence-electron chi connectivity index (χ2n) is 3.63. The third-order valence-electron chi connectivity index (χ3n) is 2.36. The van der Waals surface area contributed by atoms with E-state index in [1.165, 1.54) is 0 Å². The number of amides is 1. The van der Waals surface area contributed by atoms with E-state index in [1.807, 2.05) is 6.92 Å². The average Bonchev–Trinajstić information content (AvgIpc) is 1.99. The normalized spacial score (nSPS) is 17.5. The highest BCUT2D eigenvalue weighted by Crippen LogP contribution is 2.18. The Morgan fingerprint density at radius 3 is 2.46 bits per heavy atom. The van der Waals surface area contributed by atoms with Gasteiger partial charge in [-0.3, -0.25) is 0 Å². The molecule has 0 saturated heterocycles. The number of carbonyl (C=O) groups is 1. The molecule has 0 saturated carbocycles. The average molecular weight is 189 g/mol. The van der Waals surface area contributed by atoms with Gasteiger partial charge in [-0.2, -0.15) is 0 Å². The summed E-state index contributed by atoms with van der Waals surface area (Å²) in [7, 11) is 0. The Hall–Kier alpha value is -0.770. The molecule has 0 aromatic rings. The molecule has 13 heavy (non-hydrogen) atoms. The lowest BCUT2D eigenvalue weighted by Gasteiger charge is -2.32. The van der Waals surface area contributed by atoms with Gasteiger partial charge in [0.25, 0.3) is 0 Å². The Balaban J connectivity index is 4.24. The van der Waals surface area contributed by atoms with Gasteiger partial charge in [0.2, 0.25) is 0 Å². The van der Waals surface area contributed by atoms with Crippen molar-refractivity contribution in [2.24, 2.45) is 0 Å². The maximum Gasteiger partial charge on any atom is 0.405 e. The highest BCUT2D eigenvalue weighted by Gasteiger charge is 2.30. The highest BCUT2D eigenvalue weighted by atomic mass is 16.4. The van der Waals surface area contributed by atoms with Crippen molar-refractivity contribution in [1.29, 1.82) is 0 Å². The lowest BCUT2D eigenvalue weighted by Crippen LogP contribution is -2.52. The maximum absolute atomic E-state index is 10.5. The van der Waals surface area contributed by atoms with Crippen LogP contribution in [0.1, 0.15) is 40.0 Å². The van der Waals surface area contributed by atoms with Crippen molar-refractivity contribution in [3.05, 3.63) is 0 Å². The molecule has 0 bridgehead atoms. The zero-order valence-electron chi connectivity index (χ0n) is 8.50. The van der Waals surface area contributed by atoms with Crippen molar-refractivity contribution < 1.29 is 15.0 Å². The SMILES string of the molecule is CCCC[C@@](C)(NC(=O)O)C(C)O. The summed E-state index contributed by atoms with van der Waals surface area (Å²) in [6.07, 6.45) is 0.799. The van der Waals surface area contributed by atoms with Crippen molar-refractivity contribution in [2.45, 2.75) is 51.7 Å². The molecule has 0 aliphatic heterocycles. The molecular weight excluding hydrogens is 170 g/mol. The van der Waals surface area contributed by atoms with Gasteiger partial charge in [-0.15, -0.1) is 0 Å². The standard InChI is InChI=1S/C9H19NO3/c1-4-5-6-9(3,7(2)11)10-8(12)13/h7,10-11H,4-6H2,1-3H3,(H,12,13)/t7?,9-/m1/s1. The first-order chi connectivity index (χ1) is 5.92. The van der Waals surface area contributed by atoms with E-state index in [2.05, 4.69) is 5.32 Å². The van der Waals surface area contributed by atoms with E-state index in [-0.39, 0.29) is 0 Å². The summed E-state index contributed by atoms with van der Waals surface area (Å²) in [5, 5.41) is 20.4. The lowest BCUT2D eigenvalue weighted by atomic mass is 9.90. The van der Waals surface area contributed by atoms with E-state index in [1.54, 1.807) is 13.8 Å². The largest absolute Gasteiger partial charge is 0.465 e. The monoisotopic (exact) mass is 189 g/mol. The van der Waals surface area contributed by atoms with E-state index in [0.29, 0.717) is 6.42 Å². The van der Waals surface area contributed by atoms with Crippen LogP contribution in [-0.4, -0.2) is 27.9 Å². The van der Waals surface area contributed by atoms with Crippen LogP contribution in [0.5, 0.6) is 0 Å². The molecule has 4 heteroatoms. The number of carboxylic acid groups (broad SMARTS) is 1. The molecule has 1 unspecified atom stereocenters. The third-order valence-corrected chi connectivity index (χ3v) is 2.36. The molecule has 78 valence electrons. The fraction of sp³-hybridized carbons (Fsp3) is 0.889. The number of rotatable bonds is 5. The Morgan fingerprint density at radius 2 is 2.15 bits per heavy atom. The van der Waals surface area contributed by atoms with Crippen molar-refractivity contribution in [2.75, 3.05) is 0 Å². The van der Waals surface area contributed by atoms with Crippen LogP contribution in [0, 0.1) is 0 Å². The summed E-state index contributed by atoms with van der Waals surface area (Å²) in [5.74, 6) is 0. The predicted molar refractivity (Wildman–Crippen MR) is 50.8 cm³/mol. The summed E-state index contributed by atoms with van der Waals surface area (Å²) in [6.45, 7) is 5.36. The Labute approximate surface area is 79.0 Å². The fourth-order valence-electron chi connectivity index (χ4n) is 1.16. The van der Waals surface area contributed by atoms with E-state index < -0.39 is 17.7 Å². The highest BCUT2D eigenvalue weighted by molar-refractivity contribution is 5.65. The van der Waals surface area contributed by atoms with Crippen molar-refractivity contribution in [3.63, 3.8) is 0 Å². The number of aliphatic hydroxyl groups excluding tert-OH is 1. The molecule has 0 rings (SSSR count). The van der Waals surface area contributed by atoms with Crippen LogP contribution in [0.15, 0.2) is 0 Å². The molecule has 0 aliphatic rings. The van der Waals surface area contributed by atoms with Crippen LogP contribution in [0.3, 0.4) is 0 Å². The van der Waals surface area contributed by atoms with Crippen molar-refractivity contribution in [3.8, 4) is 0 Å². The first-order valence-electron chi connectivity index (χ1n) is 4.61. The zero-order chi connectivity index (χ0) is 10.5. The summed E-state index contributed by atoms with van der Waals surface area (Å²) >= 11 is 0. The molecule has 2 atom stereocenters. The van der Waals surface area contributed by atoms with Gasteiger partial charge >= 0.3 is 6.09 Å². The maximum atomic E-state index is 10.5. The van der Waals surface area contributed by atoms with Gasteiger partial charge in [0.05, 0.1) is 11.6 Å². The number of unbranched alkanes of at least 4 members (excludes halogenated alkanes) is 1. The van der Waals surface area contributed by atoms with Crippen LogP contribution in [0.4, 0.5) is 4.79 Å². The van der Waals surface area contributed by atoms with E-state index in [9.17, 15) is 9.90 Å². The molecule has 0 aromatic heterocycles. The van der Waals surface area contributed by atoms with E-state index in [0.717, 1.165) is 12.8 Å². The van der Waals surface area contributed by atoms with Crippen LogP contribution in [-0.2, 0) is 0 Å². The van der Waals surface area contributed by atoms with Crippen LogP contribution >= 0.6 is 0 Å². The molecule has 0 radical (unpaired) electrons. The number of aliphatic hydroxyl groups is 1. The minimum atomic E-state index is -1.08. The molecule has 1 amide bonds. The first-order valence-corrected chi connectivity index (χ1v) is 4.61. The second-order valence-corrected chi connectivity index (χ2v) is 3.63. The van der Waals surface area contributed by atoms with Gasteiger partial charge in [-0.05, 0) is 20.3 Å². The Bertz CT molecular complexity index is 170. The summed E-state index contributed by atoms with van der Waals surface area (Å²) in [5.41, 5.74) is -0.720. The van der Waals surface area contributed by atoms with Crippen molar-refractivity contribution in [1.82, 2.24) is 5.32 Å². The molecular formula is C9H19NO3. The second kappa shape index (κ2) is 5.07. The fourth-order valence-corrected chi connectivity index (χ4v) is 1.16. The van der Waals surface area contributed by atoms with Crippen LogP contribution in [0.2, 0.25) is 0 Å². The quantitative estimate of drug-likeness (QED) is 0.615. The molecule has 0 heterocycles. The van der Waals surface area contributed by atoms with Gasteiger partial charge in [0.1, 0.15) is 0 Å². The first kappa shape index (κ1) is 12.2. The minimum absolute atomic E-state index is 0.660. The van der Waals surface area contributed by atoms with Crippen molar-refractivity contribution >= 4 is 6.09 Å². The predicted octanol–water partition coefficient (Wildman–Crippen LogP) is 1.58. The minimum Gasteiger partial charge on any atom is -0.465 e. The summed E-state index contributed by atoms with van der Waals surface area (Å²) in [4.78, 5) is 10.5. The van der Waals surface area contributed by atoms with E-state index >= 15 is 0 Å². The van der Waals surface area contributed by atoms with Crippen LogP contribution in [0.25, 0.3) is 0 Å². The summed E-state index contributed by atoms with van der Waals surface area (Å²) < 4.78 is 0. The van der Waals surface area contributed by atoms with Crippen LogP contribution < -0.4 is 5.32 Å². The topological polar surface area (TPSA) is 69.6 Å². The molecule has 3 N–H and O–H groups in total.